The summed E-state index contributed by atoms with van der Waals surface area (Å²) in [6.07, 6.45) is 8.51. The fraction of sp³-hybridized carbons (Fsp3) is 0.769. The Labute approximate surface area is 98.5 Å². The second-order valence-corrected chi connectivity index (χ2v) is 4.68. The number of amides is 1. The van der Waals surface area contributed by atoms with Gasteiger partial charge in [-0.1, -0.05) is 32.3 Å². The molecule has 1 saturated carbocycles. The molecule has 0 saturated heterocycles. The first kappa shape index (κ1) is 13.2. The predicted molar refractivity (Wildman–Crippen MR) is 67.0 cm³/mol. The molecule has 1 aliphatic carbocycles. The lowest BCUT2D eigenvalue weighted by Gasteiger charge is -2.22. The Morgan fingerprint density at radius 2 is 2.06 bits per heavy atom. The van der Waals surface area contributed by atoms with Gasteiger partial charge in [0.2, 0.25) is 5.91 Å². The van der Waals surface area contributed by atoms with Crippen LogP contribution >= 0.6 is 0 Å². The fourth-order valence-electron chi connectivity index (χ4n) is 2.20. The van der Waals surface area contributed by atoms with Gasteiger partial charge in [-0.05, 0) is 26.2 Å². The summed E-state index contributed by atoms with van der Waals surface area (Å²) in [7, 11) is 0. The third-order valence-corrected chi connectivity index (χ3v) is 3.25. The molecule has 1 rings (SSSR count). The first-order valence-electron chi connectivity index (χ1n) is 6.38. The summed E-state index contributed by atoms with van der Waals surface area (Å²) in [5.41, 5.74) is 6.87. The highest BCUT2D eigenvalue weighted by atomic mass is 16.1. The lowest BCUT2D eigenvalue weighted by atomic mass is 10.0. The Bertz CT molecular complexity index is 261. The fourth-order valence-corrected chi connectivity index (χ4v) is 2.20. The molecule has 92 valence electrons. The molecule has 0 aromatic heterocycles. The highest BCUT2D eigenvalue weighted by Crippen LogP contribution is 2.17. The number of carbonyl (C=O) groups excluding carboxylic acids is 1. The van der Waals surface area contributed by atoms with Crippen molar-refractivity contribution in [2.75, 3.05) is 0 Å². The zero-order chi connectivity index (χ0) is 12.0. The van der Waals surface area contributed by atoms with E-state index in [0.29, 0.717) is 0 Å². The number of hydrogen-bond donors (Lipinski definition) is 2. The Hall–Kier alpha value is -0.830. The van der Waals surface area contributed by atoms with E-state index in [0.717, 1.165) is 24.8 Å². The van der Waals surface area contributed by atoms with Gasteiger partial charge >= 0.3 is 0 Å². The Balaban J connectivity index is 2.51. The summed E-state index contributed by atoms with van der Waals surface area (Å²) in [6.45, 7) is 3.90. The smallest absolute Gasteiger partial charge is 0.246 e. The van der Waals surface area contributed by atoms with Gasteiger partial charge in [-0.3, -0.25) is 4.79 Å². The maximum atomic E-state index is 11.8. The molecule has 1 aliphatic rings. The molecule has 0 aliphatic heterocycles. The van der Waals surface area contributed by atoms with E-state index >= 15 is 0 Å². The summed E-state index contributed by atoms with van der Waals surface area (Å²) in [6, 6.07) is 0.288. The van der Waals surface area contributed by atoms with Crippen LogP contribution in [0.15, 0.2) is 11.6 Å². The van der Waals surface area contributed by atoms with E-state index in [1.807, 2.05) is 19.9 Å². The monoisotopic (exact) mass is 224 g/mol. The van der Waals surface area contributed by atoms with E-state index in [1.54, 1.807) is 0 Å². The number of rotatable bonds is 3. The topological polar surface area (TPSA) is 55.1 Å². The van der Waals surface area contributed by atoms with Crippen molar-refractivity contribution in [3.8, 4) is 0 Å². The van der Waals surface area contributed by atoms with E-state index < -0.39 is 0 Å². The minimum atomic E-state index is 0.0456. The van der Waals surface area contributed by atoms with Gasteiger partial charge in [0.1, 0.15) is 0 Å². The summed E-state index contributed by atoms with van der Waals surface area (Å²) in [5, 5.41) is 3.06. The van der Waals surface area contributed by atoms with Crippen LogP contribution < -0.4 is 11.1 Å². The van der Waals surface area contributed by atoms with Gasteiger partial charge in [-0.25, -0.2) is 0 Å². The highest BCUT2D eigenvalue weighted by molar-refractivity contribution is 5.92. The molecule has 3 heteroatoms. The first-order chi connectivity index (χ1) is 7.65. The molecule has 0 aromatic rings. The highest BCUT2D eigenvalue weighted by Gasteiger charge is 2.22. The normalized spacial score (nSPS) is 27.3. The maximum Gasteiger partial charge on any atom is 0.246 e. The molecule has 1 amide bonds. The number of carbonyl (C=O) groups is 1. The van der Waals surface area contributed by atoms with Crippen LogP contribution in [0.2, 0.25) is 0 Å². The summed E-state index contributed by atoms with van der Waals surface area (Å²) in [4.78, 5) is 11.8. The Kier molecular flexibility index (Phi) is 5.53. The summed E-state index contributed by atoms with van der Waals surface area (Å²) < 4.78 is 0. The van der Waals surface area contributed by atoms with E-state index in [9.17, 15) is 4.79 Å². The Morgan fingerprint density at radius 3 is 2.75 bits per heavy atom. The molecule has 3 nitrogen and oxygen atoms in total. The minimum Gasteiger partial charge on any atom is -0.348 e. The van der Waals surface area contributed by atoms with Crippen LogP contribution in [0.25, 0.3) is 0 Å². The minimum absolute atomic E-state index is 0.0456. The lowest BCUT2D eigenvalue weighted by molar-refractivity contribution is -0.118. The molecule has 2 atom stereocenters. The average Bonchev–Trinajstić information content (AvgIpc) is 2.45. The molecule has 0 heterocycles. The third-order valence-electron chi connectivity index (χ3n) is 3.25. The largest absolute Gasteiger partial charge is 0.348 e. The van der Waals surface area contributed by atoms with Crippen LogP contribution in [0.3, 0.4) is 0 Å². The van der Waals surface area contributed by atoms with Crippen molar-refractivity contribution in [2.45, 2.75) is 64.5 Å². The van der Waals surface area contributed by atoms with Crippen LogP contribution in [-0.2, 0) is 4.79 Å². The van der Waals surface area contributed by atoms with Gasteiger partial charge in [-0.2, -0.15) is 0 Å². The number of hydrogen-bond acceptors (Lipinski definition) is 2. The molecule has 0 bridgehead atoms. The number of nitrogens with two attached hydrogens (primary N) is 1. The molecule has 0 spiro atoms. The van der Waals surface area contributed by atoms with Crippen molar-refractivity contribution in [3.05, 3.63) is 11.6 Å². The van der Waals surface area contributed by atoms with Crippen LogP contribution in [-0.4, -0.2) is 18.0 Å². The van der Waals surface area contributed by atoms with Gasteiger partial charge in [-0.15, -0.1) is 0 Å². The van der Waals surface area contributed by atoms with Crippen molar-refractivity contribution in [2.24, 2.45) is 5.73 Å². The third kappa shape index (κ3) is 3.97. The van der Waals surface area contributed by atoms with Crippen molar-refractivity contribution in [1.29, 1.82) is 0 Å². The maximum absolute atomic E-state index is 11.8. The molecule has 0 radical (unpaired) electrons. The van der Waals surface area contributed by atoms with Gasteiger partial charge in [0.25, 0.3) is 0 Å². The summed E-state index contributed by atoms with van der Waals surface area (Å²) >= 11 is 0. The van der Waals surface area contributed by atoms with E-state index in [1.165, 1.54) is 19.3 Å². The van der Waals surface area contributed by atoms with Gasteiger partial charge in [0.15, 0.2) is 0 Å². The van der Waals surface area contributed by atoms with Gasteiger partial charge < -0.3 is 11.1 Å². The lowest BCUT2D eigenvalue weighted by Crippen LogP contribution is -2.47. The van der Waals surface area contributed by atoms with Gasteiger partial charge in [0.05, 0.1) is 0 Å². The molecule has 2 unspecified atom stereocenters. The van der Waals surface area contributed by atoms with E-state index in [-0.39, 0.29) is 18.0 Å². The second kappa shape index (κ2) is 6.69. The SMILES string of the molecule is CCC=C(C)C(=O)NC1CCCCCC1N. The van der Waals surface area contributed by atoms with Gasteiger partial charge in [0, 0.05) is 17.7 Å². The first-order valence-corrected chi connectivity index (χ1v) is 6.38. The van der Waals surface area contributed by atoms with Crippen LogP contribution in [0.5, 0.6) is 0 Å². The average molecular weight is 224 g/mol. The van der Waals surface area contributed by atoms with Crippen LogP contribution in [0, 0.1) is 0 Å². The molecule has 16 heavy (non-hydrogen) atoms. The zero-order valence-corrected chi connectivity index (χ0v) is 10.5. The van der Waals surface area contributed by atoms with Crippen LogP contribution in [0.4, 0.5) is 0 Å². The molecule has 3 N–H and O–H groups in total. The number of nitrogens with one attached hydrogen (secondary N) is 1. The molecular formula is C13H24N2O. The Morgan fingerprint density at radius 1 is 1.38 bits per heavy atom. The van der Waals surface area contributed by atoms with Crippen molar-refractivity contribution >= 4 is 5.91 Å². The standard InChI is InChI=1S/C13H24N2O/c1-3-7-10(2)13(16)15-12-9-6-4-5-8-11(12)14/h7,11-12H,3-6,8-9,14H2,1-2H3,(H,15,16). The van der Waals surface area contributed by atoms with Crippen molar-refractivity contribution < 1.29 is 4.79 Å². The molecule has 0 aromatic carbocycles. The molecular weight excluding hydrogens is 200 g/mol. The predicted octanol–water partition coefficient (Wildman–Crippen LogP) is 2.12. The quantitative estimate of drug-likeness (QED) is 0.570. The van der Waals surface area contributed by atoms with E-state index in [4.69, 9.17) is 5.73 Å². The van der Waals surface area contributed by atoms with E-state index in [2.05, 4.69) is 5.32 Å². The number of allylic oxidation sites excluding steroid dienone is 1. The van der Waals surface area contributed by atoms with Crippen LogP contribution in [0.1, 0.15) is 52.4 Å². The van der Waals surface area contributed by atoms with Crippen molar-refractivity contribution in [1.82, 2.24) is 5.32 Å². The van der Waals surface area contributed by atoms with Crippen molar-refractivity contribution in [3.63, 3.8) is 0 Å². The second-order valence-electron chi connectivity index (χ2n) is 4.68. The molecule has 1 fully saturated rings. The summed E-state index contributed by atoms with van der Waals surface area (Å²) in [5.74, 6) is 0.0456. The zero-order valence-electron chi connectivity index (χ0n) is 10.5.